The van der Waals surface area contributed by atoms with E-state index in [2.05, 4.69) is 0 Å². The smallest absolute Gasteiger partial charge is 0.202 e. The molecule has 3 rings (SSSR count). The number of aliphatic hydroxyl groups excluding tert-OH is 1. The maximum absolute atomic E-state index is 12.3. The predicted molar refractivity (Wildman–Crippen MR) is 79.8 cm³/mol. The Hall–Kier alpha value is -3.13. The fourth-order valence-corrected chi connectivity index (χ4v) is 2.66. The average molecular weight is 334 g/mol. The fourth-order valence-electron chi connectivity index (χ4n) is 2.66. The van der Waals surface area contributed by atoms with Crippen molar-refractivity contribution in [1.29, 1.82) is 0 Å². The quantitative estimate of drug-likeness (QED) is 0.552. The zero-order valence-electron chi connectivity index (χ0n) is 12.4. The number of hydrogen-bond acceptors (Lipinski definition) is 8. The van der Waals surface area contributed by atoms with Crippen molar-refractivity contribution in [3.63, 3.8) is 0 Å². The number of fused-ring (bicyclic) bond motifs is 1. The molecule has 8 nitrogen and oxygen atoms in total. The Morgan fingerprint density at radius 2 is 1.62 bits per heavy atom. The number of phenols is 4. The molecular formula is C16H14O8. The van der Waals surface area contributed by atoms with E-state index in [9.17, 15) is 30.3 Å². The highest BCUT2D eigenvalue weighted by atomic mass is 16.5. The van der Waals surface area contributed by atoms with Crippen LogP contribution >= 0.6 is 0 Å². The molecule has 0 aromatic heterocycles. The molecular weight excluding hydrogens is 320 g/mol. The maximum Gasteiger partial charge on any atom is 0.202 e. The van der Waals surface area contributed by atoms with Gasteiger partial charge in [0.05, 0.1) is 7.11 Å². The molecule has 1 aliphatic rings. The Labute approximate surface area is 135 Å². The van der Waals surface area contributed by atoms with E-state index in [0.29, 0.717) is 0 Å². The zero-order valence-corrected chi connectivity index (χ0v) is 12.4. The highest BCUT2D eigenvalue weighted by Gasteiger charge is 2.39. The number of ether oxygens (including phenoxy) is 2. The number of carbonyl (C=O) groups excluding carboxylic acids is 1. The number of carbonyl (C=O) groups is 1. The van der Waals surface area contributed by atoms with Crippen LogP contribution in [0.2, 0.25) is 0 Å². The van der Waals surface area contributed by atoms with E-state index in [1.165, 1.54) is 19.2 Å². The number of ketones is 1. The summed E-state index contributed by atoms with van der Waals surface area (Å²) in [4.78, 5) is 12.3. The third kappa shape index (κ3) is 2.33. The molecule has 0 unspecified atom stereocenters. The average Bonchev–Trinajstić information content (AvgIpc) is 2.49. The van der Waals surface area contributed by atoms with Gasteiger partial charge < -0.3 is 35.0 Å². The van der Waals surface area contributed by atoms with E-state index in [1.54, 1.807) is 0 Å². The van der Waals surface area contributed by atoms with Crippen LogP contribution in [0.15, 0.2) is 24.3 Å². The second-order valence-electron chi connectivity index (χ2n) is 5.28. The van der Waals surface area contributed by atoms with E-state index < -0.39 is 35.2 Å². The normalized spacial score (nSPS) is 19.5. The summed E-state index contributed by atoms with van der Waals surface area (Å²) in [5.41, 5.74) is -0.140. The van der Waals surface area contributed by atoms with Crippen molar-refractivity contribution >= 4 is 5.78 Å². The van der Waals surface area contributed by atoms with E-state index in [4.69, 9.17) is 9.47 Å². The van der Waals surface area contributed by atoms with Crippen molar-refractivity contribution in [2.75, 3.05) is 7.11 Å². The van der Waals surface area contributed by atoms with Crippen LogP contribution in [0.5, 0.6) is 34.5 Å². The zero-order chi connectivity index (χ0) is 17.6. The number of phenolic OH excluding ortho intramolecular Hbond substituents is 4. The van der Waals surface area contributed by atoms with Gasteiger partial charge >= 0.3 is 0 Å². The standard InChI is InChI=1S/C16H14O8/c1-23-16-9(19)2-6(3-10(16)20)15-14(22)13(21)12-8(18)4-7(17)5-11(12)24-15/h2-5,14-15,17-20,22H,1H3/t14-,15-/m0/s1. The minimum Gasteiger partial charge on any atom is -0.508 e. The Bertz CT molecular complexity index is 806. The summed E-state index contributed by atoms with van der Waals surface area (Å²) in [5, 5.41) is 49.2. The van der Waals surface area contributed by atoms with E-state index in [1.807, 2.05) is 0 Å². The molecule has 0 amide bonds. The molecule has 2 aromatic carbocycles. The van der Waals surface area contributed by atoms with Gasteiger partial charge in [0.25, 0.3) is 0 Å². The third-order valence-electron chi connectivity index (χ3n) is 3.73. The summed E-state index contributed by atoms with van der Waals surface area (Å²) >= 11 is 0. The minimum atomic E-state index is -1.68. The molecule has 1 aliphatic heterocycles. The molecule has 0 saturated heterocycles. The van der Waals surface area contributed by atoms with Crippen molar-refractivity contribution in [2.24, 2.45) is 0 Å². The van der Waals surface area contributed by atoms with Crippen LogP contribution in [0, 0.1) is 0 Å². The number of Topliss-reactive ketones (excluding diaryl/α,β-unsaturated/α-hetero) is 1. The van der Waals surface area contributed by atoms with E-state index in [-0.39, 0.29) is 28.4 Å². The fraction of sp³-hybridized carbons (Fsp3) is 0.188. The lowest BCUT2D eigenvalue weighted by molar-refractivity contribution is 0.0209. The molecule has 0 radical (unpaired) electrons. The summed E-state index contributed by atoms with van der Waals surface area (Å²) in [5.74, 6) is -2.75. The van der Waals surface area contributed by atoms with Gasteiger partial charge in [-0.3, -0.25) is 4.79 Å². The van der Waals surface area contributed by atoms with Gasteiger partial charge in [0.15, 0.2) is 23.7 Å². The Balaban J connectivity index is 2.09. The molecule has 0 aliphatic carbocycles. The summed E-state index contributed by atoms with van der Waals surface area (Å²) in [6, 6.07) is 4.42. The Kier molecular flexibility index (Phi) is 3.61. The number of benzene rings is 2. The first-order valence-corrected chi connectivity index (χ1v) is 6.88. The minimum absolute atomic E-state index is 0.111. The Morgan fingerprint density at radius 3 is 2.21 bits per heavy atom. The molecule has 24 heavy (non-hydrogen) atoms. The topological polar surface area (TPSA) is 137 Å². The van der Waals surface area contributed by atoms with Crippen molar-refractivity contribution in [3.05, 3.63) is 35.4 Å². The first-order valence-electron chi connectivity index (χ1n) is 6.88. The van der Waals surface area contributed by atoms with Crippen molar-refractivity contribution in [1.82, 2.24) is 0 Å². The first kappa shape index (κ1) is 15.8. The largest absolute Gasteiger partial charge is 0.508 e. The second-order valence-corrected chi connectivity index (χ2v) is 5.28. The van der Waals surface area contributed by atoms with Crippen LogP contribution < -0.4 is 9.47 Å². The van der Waals surface area contributed by atoms with Gasteiger partial charge in [-0.25, -0.2) is 0 Å². The van der Waals surface area contributed by atoms with E-state index in [0.717, 1.165) is 12.1 Å². The molecule has 126 valence electrons. The lowest BCUT2D eigenvalue weighted by atomic mass is 9.92. The van der Waals surface area contributed by atoms with Gasteiger partial charge in [-0.05, 0) is 12.1 Å². The third-order valence-corrected chi connectivity index (χ3v) is 3.73. The van der Waals surface area contributed by atoms with Crippen molar-refractivity contribution < 1.29 is 39.8 Å². The van der Waals surface area contributed by atoms with Crippen LogP contribution in [0.1, 0.15) is 22.0 Å². The van der Waals surface area contributed by atoms with Gasteiger partial charge in [-0.15, -0.1) is 0 Å². The molecule has 0 spiro atoms. The molecule has 5 N–H and O–H groups in total. The number of rotatable bonds is 2. The summed E-state index contributed by atoms with van der Waals surface area (Å²) < 4.78 is 10.3. The maximum atomic E-state index is 12.3. The van der Waals surface area contributed by atoms with Gasteiger partial charge in [-0.2, -0.15) is 0 Å². The highest BCUT2D eigenvalue weighted by molar-refractivity contribution is 6.05. The molecule has 0 saturated carbocycles. The summed E-state index contributed by atoms with van der Waals surface area (Å²) in [6.45, 7) is 0. The predicted octanol–water partition coefficient (Wildman–Crippen LogP) is 1.19. The lowest BCUT2D eigenvalue weighted by Crippen LogP contribution is -2.36. The van der Waals surface area contributed by atoms with Crippen molar-refractivity contribution in [2.45, 2.75) is 12.2 Å². The lowest BCUT2D eigenvalue weighted by Gasteiger charge is -2.30. The summed E-state index contributed by atoms with van der Waals surface area (Å²) in [7, 11) is 1.26. The van der Waals surface area contributed by atoms with Gasteiger partial charge in [-0.1, -0.05) is 0 Å². The SMILES string of the molecule is COc1c(O)cc([C@@H]2Oc3cc(O)cc(O)c3C(=O)[C@@H]2O)cc1O. The number of methoxy groups -OCH3 is 1. The van der Waals surface area contributed by atoms with Crippen LogP contribution in [-0.2, 0) is 0 Å². The molecule has 2 atom stereocenters. The van der Waals surface area contributed by atoms with Gasteiger partial charge in [0.1, 0.15) is 22.8 Å². The molecule has 1 heterocycles. The van der Waals surface area contributed by atoms with Crippen LogP contribution in [0.3, 0.4) is 0 Å². The van der Waals surface area contributed by atoms with E-state index >= 15 is 0 Å². The molecule has 2 aromatic rings. The number of aromatic hydroxyl groups is 4. The highest BCUT2D eigenvalue weighted by Crippen LogP contribution is 2.44. The van der Waals surface area contributed by atoms with Crippen LogP contribution in [-0.4, -0.2) is 44.5 Å². The van der Waals surface area contributed by atoms with Gasteiger partial charge in [0, 0.05) is 17.7 Å². The molecule has 0 bridgehead atoms. The van der Waals surface area contributed by atoms with Crippen LogP contribution in [0.4, 0.5) is 0 Å². The summed E-state index contributed by atoms with van der Waals surface area (Å²) in [6.07, 6.45) is -2.94. The second kappa shape index (κ2) is 5.50. The monoisotopic (exact) mass is 334 g/mol. The van der Waals surface area contributed by atoms with Crippen LogP contribution in [0.25, 0.3) is 0 Å². The first-order chi connectivity index (χ1) is 11.3. The number of aliphatic hydroxyl groups is 1. The number of hydrogen-bond donors (Lipinski definition) is 5. The molecule has 0 fully saturated rings. The molecule has 8 heteroatoms. The van der Waals surface area contributed by atoms with Gasteiger partial charge in [0.2, 0.25) is 11.5 Å². The van der Waals surface area contributed by atoms with Crippen molar-refractivity contribution in [3.8, 4) is 34.5 Å². The Morgan fingerprint density at radius 1 is 1.00 bits per heavy atom.